The van der Waals surface area contributed by atoms with Gasteiger partial charge in [0.2, 0.25) is 0 Å². The van der Waals surface area contributed by atoms with Crippen molar-refractivity contribution in [3.05, 3.63) is 53.6 Å². The first-order chi connectivity index (χ1) is 10.2. The first-order valence-electron chi connectivity index (χ1n) is 6.90. The maximum Gasteiger partial charge on any atom is 0.127 e. The van der Waals surface area contributed by atoms with Gasteiger partial charge in [-0.2, -0.15) is 0 Å². The first kappa shape index (κ1) is 15.2. The molecule has 1 unspecified atom stereocenters. The lowest BCUT2D eigenvalue weighted by molar-refractivity contribution is 0.339. The Morgan fingerprint density at radius 2 is 1.62 bits per heavy atom. The SMILES string of the molecule is CCOc1cccc(C(N)c2c(OC)cccc2OC)c1. The van der Waals surface area contributed by atoms with Crippen LogP contribution >= 0.6 is 0 Å². The number of rotatable bonds is 6. The summed E-state index contributed by atoms with van der Waals surface area (Å²) in [5.74, 6) is 2.23. The molecular formula is C17H21NO3. The predicted molar refractivity (Wildman–Crippen MR) is 83.2 cm³/mol. The Morgan fingerprint density at radius 3 is 2.19 bits per heavy atom. The molecule has 0 fully saturated rings. The summed E-state index contributed by atoms with van der Waals surface area (Å²) in [6.07, 6.45) is 0. The Labute approximate surface area is 125 Å². The number of nitrogens with two attached hydrogens (primary N) is 1. The van der Waals surface area contributed by atoms with E-state index in [0.29, 0.717) is 18.1 Å². The van der Waals surface area contributed by atoms with Crippen LogP contribution < -0.4 is 19.9 Å². The predicted octanol–water partition coefficient (Wildman–Crippen LogP) is 3.15. The quantitative estimate of drug-likeness (QED) is 0.886. The highest BCUT2D eigenvalue weighted by Gasteiger charge is 2.19. The molecule has 0 aromatic heterocycles. The Kier molecular flexibility index (Phi) is 5.06. The van der Waals surface area contributed by atoms with Gasteiger partial charge in [-0.3, -0.25) is 0 Å². The number of hydrogen-bond acceptors (Lipinski definition) is 4. The fraction of sp³-hybridized carbons (Fsp3) is 0.294. The van der Waals surface area contributed by atoms with E-state index >= 15 is 0 Å². The third-order valence-corrected chi connectivity index (χ3v) is 3.31. The summed E-state index contributed by atoms with van der Waals surface area (Å²) in [5.41, 5.74) is 8.20. The fourth-order valence-corrected chi connectivity index (χ4v) is 2.32. The molecule has 0 aliphatic heterocycles. The van der Waals surface area contributed by atoms with Crippen molar-refractivity contribution in [2.24, 2.45) is 5.73 Å². The second-order valence-electron chi connectivity index (χ2n) is 4.56. The summed E-state index contributed by atoms with van der Waals surface area (Å²) < 4.78 is 16.4. The number of methoxy groups -OCH3 is 2. The van der Waals surface area contributed by atoms with Gasteiger partial charge in [0, 0.05) is 0 Å². The Bertz CT molecular complexity index is 576. The highest BCUT2D eigenvalue weighted by molar-refractivity contribution is 5.51. The Morgan fingerprint density at radius 1 is 1.00 bits per heavy atom. The van der Waals surface area contributed by atoms with E-state index in [1.807, 2.05) is 49.4 Å². The van der Waals surface area contributed by atoms with Gasteiger partial charge in [0.05, 0.1) is 32.4 Å². The van der Waals surface area contributed by atoms with Gasteiger partial charge in [0.15, 0.2) is 0 Å². The molecule has 0 bridgehead atoms. The van der Waals surface area contributed by atoms with E-state index in [1.54, 1.807) is 14.2 Å². The minimum atomic E-state index is -0.350. The topological polar surface area (TPSA) is 53.7 Å². The van der Waals surface area contributed by atoms with Crippen LogP contribution in [0.2, 0.25) is 0 Å². The van der Waals surface area contributed by atoms with Crippen LogP contribution in [0, 0.1) is 0 Å². The highest BCUT2D eigenvalue weighted by atomic mass is 16.5. The molecule has 0 saturated carbocycles. The zero-order chi connectivity index (χ0) is 15.2. The first-order valence-corrected chi connectivity index (χ1v) is 6.90. The van der Waals surface area contributed by atoms with Crippen molar-refractivity contribution >= 4 is 0 Å². The van der Waals surface area contributed by atoms with Gasteiger partial charge in [-0.1, -0.05) is 18.2 Å². The van der Waals surface area contributed by atoms with Crippen molar-refractivity contribution < 1.29 is 14.2 Å². The van der Waals surface area contributed by atoms with Crippen LogP contribution in [0.1, 0.15) is 24.1 Å². The summed E-state index contributed by atoms with van der Waals surface area (Å²) in [4.78, 5) is 0. The van der Waals surface area contributed by atoms with E-state index in [4.69, 9.17) is 19.9 Å². The minimum Gasteiger partial charge on any atom is -0.496 e. The van der Waals surface area contributed by atoms with Crippen molar-refractivity contribution in [3.8, 4) is 17.2 Å². The van der Waals surface area contributed by atoms with Gasteiger partial charge < -0.3 is 19.9 Å². The van der Waals surface area contributed by atoms with E-state index in [2.05, 4.69) is 0 Å². The molecule has 2 N–H and O–H groups in total. The minimum absolute atomic E-state index is 0.350. The molecule has 2 aromatic rings. The average Bonchev–Trinajstić information content (AvgIpc) is 2.54. The highest BCUT2D eigenvalue weighted by Crippen LogP contribution is 2.36. The molecule has 1 atom stereocenters. The third-order valence-electron chi connectivity index (χ3n) is 3.31. The van der Waals surface area contributed by atoms with Crippen LogP contribution in [0.3, 0.4) is 0 Å². The van der Waals surface area contributed by atoms with Crippen LogP contribution in [-0.2, 0) is 0 Å². The number of benzene rings is 2. The largest absolute Gasteiger partial charge is 0.496 e. The normalized spacial score (nSPS) is 11.8. The molecule has 0 radical (unpaired) electrons. The molecule has 21 heavy (non-hydrogen) atoms. The molecule has 0 amide bonds. The summed E-state index contributed by atoms with van der Waals surface area (Å²) in [5, 5.41) is 0. The van der Waals surface area contributed by atoms with Gasteiger partial charge >= 0.3 is 0 Å². The average molecular weight is 287 g/mol. The zero-order valence-electron chi connectivity index (χ0n) is 12.6. The van der Waals surface area contributed by atoms with Crippen molar-refractivity contribution in [2.45, 2.75) is 13.0 Å². The van der Waals surface area contributed by atoms with Crippen LogP contribution in [0.5, 0.6) is 17.2 Å². The molecular weight excluding hydrogens is 266 g/mol. The monoisotopic (exact) mass is 287 g/mol. The van der Waals surface area contributed by atoms with E-state index in [9.17, 15) is 0 Å². The molecule has 0 aliphatic rings. The molecule has 2 aromatic carbocycles. The van der Waals surface area contributed by atoms with Gasteiger partial charge in [-0.15, -0.1) is 0 Å². The smallest absolute Gasteiger partial charge is 0.127 e. The van der Waals surface area contributed by atoms with Crippen LogP contribution in [-0.4, -0.2) is 20.8 Å². The van der Waals surface area contributed by atoms with Gasteiger partial charge in [-0.25, -0.2) is 0 Å². The van der Waals surface area contributed by atoms with Crippen LogP contribution in [0.25, 0.3) is 0 Å². The zero-order valence-corrected chi connectivity index (χ0v) is 12.6. The Balaban J connectivity index is 2.44. The summed E-state index contributed by atoms with van der Waals surface area (Å²) in [6.45, 7) is 2.58. The van der Waals surface area contributed by atoms with Gasteiger partial charge in [0.25, 0.3) is 0 Å². The molecule has 112 valence electrons. The fourth-order valence-electron chi connectivity index (χ4n) is 2.32. The second kappa shape index (κ2) is 6.99. The summed E-state index contributed by atoms with van der Waals surface area (Å²) >= 11 is 0. The van der Waals surface area contributed by atoms with Gasteiger partial charge in [-0.05, 0) is 36.8 Å². The Hall–Kier alpha value is -2.20. The molecule has 0 spiro atoms. The summed E-state index contributed by atoms with van der Waals surface area (Å²) in [7, 11) is 3.25. The molecule has 0 heterocycles. The maximum absolute atomic E-state index is 6.42. The lowest BCUT2D eigenvalue weighted by Gasteiger charge is -2.19. The lowest BCUT2D eigenvalue weighted by Crippen LogP contribution is -2.14. The number of ether oxygens (including phenoxy) is 3. The van der Waals surface area contributed by atoms with E-state index < -0.39 is 0 Å². The molecule has 4 heteroatoms. The molecule has 2 rings (SSSR count). The van der Waals surface area contributed by atoms with Crippen molar-refractivity contribution in [1.29, 1.82) is 0 Å². The standard InChI is InChI=1S/C17H21NO3/c1-4-21-13-8-5-7-12(11-13)17(18)16-14(19-2)9-6-10-15(16)20-3/h5-11,17H,4,18H2,1-3H3. The second-order valence-corrected chi connectivity index (χ2v) is 4.56. The van der Waals surface area contributed by atoms with Crippen LogP contribution in [0.15, 0.2) is 42.5 Å². The van der Waals surface area contributed by atoms with Gasteiger partial charge in [0.1, 0.15) is 17.2 Å². The van der Waals surface area contributed by atoms with Crippen molar-refractivity contribution in [2.75, 3.05) is 20.8 Å². The number of hydrogen-bond donors (Lipinski definition) is 1. The van der Waals surface area contributed by atoms with Crippen LogP contribution in [0.4, 0.5) is 0 Å². The molecule has 4 nitrogen and oxygen atoms in total. The van der Waals surface area contributed by atoms with Crippen molar-refractivity contribution in [1.82, 2.24) is 0 Å². The third kappa shape index (κ3) is 3.28. The maximum atomic E-state index is 6.42. The lowest BCUT2D eigenvalue weighted by atomic mass is 9.97. The van der Waals surface area contributed by atoms with E-state index in [1.165, 1.54) is 0 Å². The molecule has 0 saturated heterocycles. The summed E-state index contributed by atoms with van der Waals surface area (Å²) in [6, 6.07) is 13.1. The van der Waals surface area contributed by atoms with Crippen molar-refractivity contribution in [3.63, 3.8) is 0 Å². The molecule has 0 aliphatic carbocycles. The van der Waals surface area contributed by atoms with E-state index in [-0.39, 0.29) is 6.04 Å². The van der Waals surface area contributed by atoms with E-state index in [0.717, 1.165) is 16.9 Å².